The van der Waals surface area contributed by atoms with Gasteiger partial charge in [-0.25, -0.2) is 8.78 Å². The summed E-state index contributed by atoms with van der Waals surface area (Å²) in [4.78, 5) is 0. The molecular formula is C12H11F2NS. The minimum Gasteiger partial charge on any atom is -0.324 e. The first-order chi connectivity index (χ1) is 7.65. The maximum absolute atomic E-state index is 13.0. The highest BCUT2D eigenvalue weighted by Crippen LogP contribution is 2.19. The lowest BCUT2D eigenvalue weighted by Gasteiger charge is -2.11. The average Bonchev–Trinajstić information content (AvgIpc) is 2.68. The lowest BCUT2D eigenvalue weighted by molar-refractivity contribution is 0.572. The maximum Gasteiger partial charge on any atom is 0.126 e. The molecule has 2 rings (SSSR count). The molecule has 4 heteroatoms. The molecule has 1 aromatic carbocycles. The first-order valence-electron chi connectivity index (χ1n) is 4.88. The molecule has 0 aliphatic heterocycles. The maximum atomic E-state index is 13.0. The zero-order valence-electron chi connectivity index (χ0n) is 8.49. The van der Waals surface area contributed by atoms with Crippen molar-refractivity contribution in [2.24, 2.45) is 5.73 Å². The van der Waals surface area contributed by atoms with Crippen LogP contribution in [0.25, 0.3) is 0 Å². The van der Waals surface area contributed by atoms with Crippen LogP contribution in [-0.2, 0) is 6.42 Å². The van der Waals surface area contributed by atoms with Crippen LogP contribution in [0.4, 0.5) is 8.78 Å². The third-order valence-electron chi connectivity index (χ3n) is 2.35. The summed E-state index contributed by atoms with van der Waals surface area (Å²) < 4.78 is 25.9. The monoisotopic (exact) mass is 239 g/mol. The molecule has 84 valence electrons. The largest absolute Gasteiger partial charge is 0.324 e. The Hall–Kier alpha value is -1.26. The number of nitrogens with two attached hydrogens (primary N) is 1. The van der Waals surface area contributed by atoms with E-state index in [0.29, 0.717) is 12.0 Å². The zero-order chi connectivity index (χ0) is 11.5. The number of hydrogen-bond acceptors (Lipinski definition) is 2. The predicted molar refractivity (Wildman–Crippen MR) is 61.3 cm³/mol. The molecule has 0 radical (unpaired) electrons. The van der Waals surface area contributed by atoms with Gasteiger partial charge in [-0.3, -0.25) is 0 Å². The summed E-state index contributed by atoms with van der Waals surface area (Å²) in [5.41, 5.74) is 7.47. The SMILES string of the molecule is NC(Cc1ccsc1)c1cc(F)cc(F)c1. The lowest BCUT2D eigenvalue weighted by atomic mass is 10.0. The minimum atomic E-state index is -0.587. The van der Waals surface area contributed by atoms with Crippen molar-refractivity contribution in [1.82, 2.24) is 0 Å². The predicted octanol–water partition coefficient (Wildman–Crippen LogP) is 3.27. The Bertz CT molecular complexity index is 448. The fraction of sp³-hybridized carbons (Fsp3) is 0.167. The van der Waals surface area contributed by atoms with Crippen molar-refractivity contribution in [3.63, 3.8) is 0 Å². The molecule has 0 saturated carbocycles. The molecule has 0 aliphatic carbocycles. The molecule has 2 aromatic rings. The van der Waals surface area contributed by atoms with Gasteiger partial charge in [-0.05, 0) is 46.5 Å². The van der Waals surface area contributed by atoms with Crippen LogP contribution in [0.2, 0.25) is 0 Å². The third-order valence-corrected chi connectivity index (χ3v) is 3.08. The first kappa shape index (κ1) is 11.2. The number of hydrogen-bond donors (Lipinski definition) is 1. The second kappa shape index (κ2) is 4.72. The van der Waals surface area contributed by atoms with E-state index in [0.717, 1.165) is 11.6 Å². The van der Waals surface area contributed by atoms with Gasteiger partial charge < -0.3 is 5.73 Å². The highest BCUT2D eigenvalue weighted by atomic mass is 32.1. The van der Waals surface area contributed by atoms with E-state index in [1.54, 1.807) is 11.3 Å². The highest BCUT2D eigenvalue weighted by molar-refractivity contribution is 7.07. The summed E-state index contributed by atoms with van der Waals surface area (Å²) >= 11 is 1.58. The van der Waals surface area contributed by atoms with Crippen molar-refractivity contribution in [2.75, 3.05) is 0 Å². The number of halogens is 2. The lowest BCUT2D eigenvalue weighted by Crippen LogP contribution is -2.13. The van der Waals surface area contributed by atoms with Crippen LogP contribution in [0.15, 0.2) is 35.0 Å². The summed E-state index contributed by atoms with van der Waals surface area (Å²) in [7, 11) is 0. The molecule has 0 bridgehead atoms. The Morgan fingerprint density at radius 2 is 1.88 bits per heavy atom. The van der Waals surface area contributed by atoms with Crippen LogP contribution in [0.3, 0.4) is 0 Å². The van der Waals surface area contributed by atoms with E-state index >= 15 is 0 Å². The smallest absolute Gasteiger partial charge is 0.126 e. The molecule has 16 heavy (non-hydrogen) atoms. The summed E-state index contributed by atoms with van der Waals surface area (Å²) in [5, 5.41) is 3.93. The normalized spacial score (nSPS) is 12.7. The van der Waals surface area contributed by atoms with E-state index in [9.17, 15) is 8.78 Å². The van der Waals surface area contributed by atoms with Gasteiger partial charge in [-0.1, -0.05) is 0 Å². The van der Waals surface area contributed by atoms with Crippen molar-refractivity contribution < 1.29 is 8.78 Å². The van der Waals surface area contributed by atoms with Crippen LogP contribution >= 0.6 is 11.3 Å². The third kappa shape index (κ3) is 2.65. The molecule has 0 fully saturated rings. The standard InChI is InChI=1S/C12H11F2NS/c13-10-4-9(5-11(14)6-10)12(15)3-8-1-2-16-7-8/h1-2,4-7,12H,3,15H2. The number of benzene rings is 1. The second-order valence-electron chi connectivity index (χ2n) is 3.64. The van der Waals surface area contributed by atoms with E-state index in [-0.39, 0.29) is 6.04 Å². The van der Waals surface area contributed by atoms with Crippen molar-refractivity contribution in [3.8, 4) is 0 Å². The van der Waals surface area contributed by atoms with Crippen LogP contribution in [-0.4, -0.2) is 0 Å². The Kier molecular flexibility index (Phi) is 3.31. The minimum absolute atomic E-state index is 0.375. The number of thiophene rings is 1. The van der Waals surface area contributed by atoms with E-state index in [1.807, 2.05) is 16.8 Å². The molecule has 1 heterocycles. The molecule has 0 aliphatic rings. The quantitative estimate of drug-likeness (QED) is 0.874. The molecule has 0 spiro atoms. The number of rotatable bonds is 3. The van der Waals surface area contributed by atoms with Crippen molar-refractivity contribution in [3.05, 3.63) is 57.8 Å². The van der Waals surface area contributed by atoms with Crippen LogP contribution in [0.5, 0.6) is 0 Å². The van der Waals surface area contributed by atoms with Crippen LogP contribution in [0, 0.1) is 11.6 Å². The molecule has 1 aromatic heterocycles. The van der Waals surface area contributed by atoms with Crippen LogP contribution in [0.1, 0.15) is 17.2 Å². The van der Waals surface area contributed by atoms with Gasteiger partial charge in [-0.15, -0.1) is 0 Å². The first-order valence-corrected chi connectivity index (χ1v) is 5.82. The molecule has 1 atom stereocenters. The van der Waals surface area contributed by atoms with Gasteiger partial charge in [-0.2, -0.15) is 11.3 Å². The summed E-state index contributed by atoms with van der Waals surface area (Å²) in [6, 6.07) is 4.99. The van der Waals surface area contributed by atoms with Gasteiger partial charge in [0.25, 0.3) is 0 Å². The van der Waals surface area contributed by atoms with Crippen molar-refractivity contribution in [2.45, 2.75) is 12.5 Å². The summed E-state index contributed by atoms with van der Waals surface area (Å²) in [6.45, 7) is 0. The Morgan fingerprint density at radius 3 is 2.44 bits per heavy atom. The zero-order valence-corrected chi connectivity index (χ0v) is 9.31. The van der Waals surface area contributed by atoms with Gasteiger partial charge in [0.1, 0.15) is 11.6 Å². The fourth-order valence-corrected chi connectivity index (χ4v) is 2.25. The second-order valence-corrected chi connectivity index (χ2v) is 4.43. The van der Waals surface area contributed by atoms with Crippen molar-refractivity contribution in [1.29, 1.82) is 0 Å². The van der Waals surface area contributed by atoms with Gasteiger partial charge in [0.15, 0.2) is 0 Å². The van der Waals surface area contributed by atoms with Crippen LogP contribution < -0.4 is 5.73 Å². The highest BCUT2D eigenvalue weighted by Gasteiger charge is 2.10. The molecule has 2 N–H and O–H groups in total. The molecule has 1 unspecified atom stereocenters. The molecule has 0 amide bonds. The van der Waals surface area contributed by atoms with E-state index in [1.165, 1.54) is 12.1 Å². The fourth-order valence-electron chi connectivity index (χ4n) is 1.57. The van der Waals surface area contributed by atoms with E-state index in [2.05, 4.69) is 0 Å². The summed E-state index contributed by atoms with van der Waals surface area (Å²) in [6.07, 6.45) is 0.590. The Morgan fingerprint density at radius 1 is 1.19 bits per heavy atom. The molecular weight excluding hydrogens is 228 g/mol. The van der Waals surface area contributed by atoms with Gasteiger partial charge in [0.05, 0.1) is 0 Å². The average molecular weight is 239 g/mol. The summed E-state index contributed by atoms with van der Waals surface area (Å²) in [5.74, 6) is -1.17. The Balaban J connectivity index is 2.17. The molecule has 1 nitrogen and oxygen atoms in total. The van der Waals surface area contributed by atoms with E-state index in [4.69, 9.17) is 5.73 Å². The molecule has 0 saturated heterocycles. The Labute approximate surface area is 96.5 Å². The van der Waals surface area contributed by atoms with Gasteiger partial charge in [0.2, 0.25) is 0 Å². The van der Waals surface area contributed by atoms with E-state index < -0.39 is 11.6 Å². The van der Waals surface area contributed by atoms with Crippen molar-refractivity contribution >= 4 is 11.3 Å². The van der Waals surface area contributed by atoms with Gasteiger partial charge in [0, 0.05) is 12.1 Å². The topological polar surface area (TPSA) is 26.0 Å². The van der Waals surface area contributed by atoms with Gasteiger partial charge >= 0.3 is 0 Å².